The average Bonchev–Trinajstić information content (AvgIpc) is 2.60. The number of fused-ring (bicyclic) bond motifs is 2. The largest absolute Gasteiger partial charge is 0.504 e. The maximum Gasteiger partial charge on any atom is 0.338 e. The Bertz CT molecular complexity index is 1140. The molecule has 0 aliphatic rings. The quantitative estimate of drug-likeness (QED) is 0.415. The van der Waals surface area contributed by atoms with E-state index in [1.807, 2.05) is 0 Å². The van der Waals surface area contributed by atoms with Gasteiger partial charge in [0.25, 0.3) is 0 Å². The van der Waals surface area contributed by atoms with Crippen LogP contribution in [-0.4, -0.2) is 36.2 Å². The van der Waals surface area contributed by atoms with E-state index in [-0.39, 0.29) is 38.8 Å². The van der Waals surface area contributed by atoms with Crippen molar-refractivity contribution < 1.29 is 33.7 Å². The number of ketones is 1. The highest BCUT2D eigenvalue weighted by molar-refractivity contribution is 6.09. The summed E-state index contributed by atoms with van der Waals surface area (Å²) >= 11 is 0. The normalized spacial score (nSPS) is 10.9. The minimum Gasteiger partial charge on any atom is -0.504 e. The Morgan fingerprint density at radius 2 is 1.73 bits per heavy atom. The first-order chi connectivity index (χ1) is 12.3. The molecule has 3 aromatic rings. The number of phenols is 2. The molecule has 2 aromatic carbocycles. The van der Waals surface area contributed by atoms with Gasteiger partial charge in [0.1, 0.15) is 16.6 Å². The number of benzene rings is 2. The van der Waals surface area contributed by atoms with E-state index in [0.717, 1.165) is 13.2 Å². The lowest BCUT2D eigenvalue weighted by molar-refractivity contribution is 0.0597. The number of rotatable bonds is 3. The molecule has 1 heterocycles. The number of hydrogen-bond donors (Lipinski definition) is 2. The third kappa shape index (κ3) is 2.43. The van der Waals surface area contributed by atoms with Crippen molar-refractivity contribution >= 4 is 33.7 Å². The monoisotopic (exact) mass is 358 g/mol. The van der Waals surface area contributed by atoms with Crippen molar-refractivity contribution in [2.45, 2.75) is 6.92 Å². The molecule has 0 spiro atoms. The van der Waals surface area contributed by atoms with E-state index < -0.39 is 28.7 Å². The number of ether oxygens (including phenoxy) is 2. The van der Waals surface area contributed by atoms with Crippen LogP contribution in [0, 0.1) is 0 Å². The summed E-state index contributed by atoms with van der Waals surface area (Å²) in [5.74, 6) is -2.49. The number of hydrogen-bond acceptors (Lipinski definition) is 8. The van der Waals surface area contributed by atoms with Gasteiger partial charge in [0.15, 0.2) is 17.3 Å². The lowest BCUT2D eigenvalue weighted by Crippen LogP contribution is -2.11. The van der Waals surface area contributed by atoms with E-state index in [2.05, 4.69) is 4.74 Å². The van der Waals surface area contributed by atoms with Gasteiger partial charge in [-0.1, -0.05) is 0 Å². The van der Waals surface area contributed by atoms with Crippen molar-refractivity contribution in [1.82, 2.24) is 0 Å². The summed E-state index contributed by atoms with van der Waals surface area (Å²) < 4.78 is 15.1. The molecule has 0 radical (unpaired) electrons. The van der Waals surface area contributed by atoms with Crippen molar-refractivity contribution in [3.63, 3.8) is 0 Å². The summed E-state index contributed by atoms with van der Waals surface area (Å²) in [6, 6.07) is 3.55. The van der Waals surface area contributed by atoms with Crippen molar-refractivity contribution in [3.8, 4) is 17.2 Å². The van der Waals surface area contributed by atoms with Gasteiger partial charge in [-0.3, -0.25) is 9.59 Å². The minimum absolute atomic E-state index is 0.00290. The standard InChI is InChI=1S/C18H14O8/c1-7(19)8-4-10-12(5-9(8)18(23)25-3)26-13-6-11(20)17(24-2)16(22)14(13)15(10)21/h4-6,20,22H,1-3H3. The maximum absolute atomic E-state index is 12.8. The SMILES string of the molecule is COC(=O)c1cc2oc3cc(O)c(OC)c(O)c3c(=O)c2cc1C(C)=O. The van der Waals surface area contributed by atoms with Crippen LogP contribution in [0.4, 0.5) is 0 Å². The Hall–Kier alpha value is -3.55. The first kappa shape index (κ1) is 17.3. The lowest BCUT2D eigenvalue weighted by Gasteiger charge is -2.11. The summed E-state index contributed by atoms with van der Waals surface area (Å²) in [6.45, 7) is 1.24. The van der Waals surface area contributed by atoms with Crippen LogP contribution in [-0.2, 0) is 4.74 Å². The van der Waals surface area contributed by atoms with Crippen LogP contribution < -0.4 is 10.2 Å². The molecule has 134 valence electrons. The van der Waals surface area contributed by atoms with Crippen LogP contribution >= 0.6 is 0 Å². The summed E-state index contributed by atoms with van der Waals surface area (Å²) in [6.07, 6.45) is 0. The van der Waals surface area contributed by atoms with E-state index in [4.69, 9.17) is 9.15 Å². The molecule has 1 aromatic heterocycles. The van der Waals surface area contributed by atoms with E-state index in [9.17, 15) is 24.6 Å². The topological polar surface area (TPSA) is 123 Å². The van der Waals surface area contributed by atoms with Gasteiger partial charge in [0, 0.05) is 11.6 Å². The van der Waals surface area contributed by atoms with Crippen LogP contribution in [0.3, 0.4) is 0 Å². The van der Waals surface area contributed by atoms with Gasteiger partial charge in [-0.05, 0) is 19.1 Å². The molecule has 0 atom stereocenters. The van der Waals surface area contributed by atoms with E-state index in [1.54, 1.807) is 0 Å². The van der Waals surface area contributed by atoms with Crippen molar-refractivity contribution in [2.24, 2.45) is 0 Å². The number of carbonyl (C=O) groups excluding carboxylic acids is 2. The molecule has 26 heavy (non-hydrogen) atoms. The highest BCUT2D eigenvalue weighted by atomic mass is 16.5. The summed E-state index contributed by atoms with van der Waals surface area (Å²) in [5.41, 5.74) is -0.823. The third-order valence-corrected chi connectivity index (χ3v) is 4.00. The fraction of sp³-hybridized carbons (Fsp3) is 0.167. The Morgan fingerprint density at radius 3 is 2.31 bits per heavy atom. The Morgan fingerprint density at radius 1 is 1.04 bits per heavy atom. The van der Waals surface area contributed by atoms with Crippen molar-refractivity contribution in [3.05, 3.63) is 39.5 Å². The molecule has 0 saturated heterocycles. The van der Waals surface area contributed by atoms with Crippen molar-refractivity contribution in [1.29, 1.82) is 0 Å². The molecular weight excluding hydrogens is 344 g/mol. The second kappa shape index (κ2) is 6.07. The zero-order chi connectivity index (χ0) is 19.2. The molecule has 8 heteroatoms. The predicted molar refractivity (Wildman–Crippen MR) is 91.2 cm³/mol. The molecule has 2 N–H and O–H groups in total. The van der Waals surface area contributed by atoms with E-state index in [0.29, 0.717) is 0 Å². The molecule has 0 fully saturated rings. The van der Waals surface area contributed by atoms with E-state index >= 15 is 0 Å². The zero-order valence-electron chi connectivity index (χ0n) is 14.1. The first-order valence-electron chi connectivity index (χ1n) is 7.42. The molecule has 0 saturated carbocycles. The van der Waals surface area contributed by atoms with Gasteiger partial charge in [-0.15, -0.1) is 0 Å². The van der Waals surface area contributed by atoms with Gasteiger partial charge in [0.05, 0.1) is 25.2 Å². The van der Waals surface area contributed by atoms with Gasteiger partial charge < -0.3 is 24.1 Å². The molecule has 0 unspecified atom stereocenters. The van der Waals surface area contributed by atoms with Crippen molar-refractivity contribution in [2.75, 3.05) is 14.2 Å². The van der Waals surface area contributed by atoms with Crippen LogP contribution in [0.2, 0.25) is 0 Å². The second-order valence-corrected chi connectivity index (χ2v) is 5.52. The van der Waals surface area contributed by atoms with Crippen LogP contribution in [0.15, 0.2) is 27.4 Å². The second-order valence-electron chi connectivity index (χ2n) is 5.52. The summed E-state index contributed by atoms with van der Waals surface area (Å²) in [4.78, 5) is 36.6. The van der Waals surface area contributed by atoms with E-state index in [1.165, 1.54) is 26.2 Å². The molecular formula is C18H14O8. The number of carbonyl (C=O) groups is 2. The number of aromatic hydroxyl groups is 2. The highest BCUT2D eigenvalue weighted by Gasteiger charge is 2.22. The molecule has 0 amide bonds. The Labute approximate surface area is 146 Å². The van der Waals surface area contributed by atoms with Gasteiger partial charge in [-0.25, -0.2) is 4.79 Å². The molecule has 0 aliphatic carbocycles. The number of methoxy groups -OCH3 is 2. The first-order valence-corrected chi connectivity index (χ1v) is 7.42. The molecule has 0 aliphatic heterocycles. The third-order valence-electron chi connectivity index (χ3n) is 4.00. The van der Waals surface area contributed by atoms with Gasteiger partial charge >= 0.3 is 5.97 Å². The Kier molecular flexibility index (Phi) is 4.03. The summed E-state index contributed by atoms with van der Waals surface area (Å²) in [7, 11) is 2.38. The zero-order valence-corrected chi connectivity index (χ0v) is 14.1. The molecule has 8 nitrogen and oxygen atoms in total. The minimum atomic E-state index is -0.764. The summed E-state index contributed by atoms with van der Waals surface area (Å²) in [5, 5.41) is 19.9. The number of phenolic OH excluding ortho intramolecular Hbond substituents is 2. The van der Waals surface area contributed by atoms with Crippen LogP contribution in [0.25, 0.3) is 21.9 Å². The predicted octanol–water partition coefficient (Wildman–Crippen LogP) is 2.36. The molecule has 3 rings (SSSR count). The fourth-order valence-corrected chi connectivity index (χ4v) is 2.78. The average molecular weight is 358 g/mol. The highest BCUT2D eigenvalue weighted by Crippen LogP contribution is 2.41. The van der Waals surface area contributed by atoms with Crippen LogP contribution in [0.1, 0.15) is 27.6 Å². The lowest BCUT2D eigenvalue weighted by atomic mass is 10.00. The van der Waals surface area contributed by atoms with Gasteiger partial charge in [0.2, 0.25) is 11.2 Å². The fourth-order valence-electron chi connectivity index (χ4n) is 2.78. The maximum atomic E-state index is 12.8. The number of Topliss-reactive ketones (excluding diaryl/α,β-unsaturated/α-hetero) is 1. The van der Waals surface area contributed by atoms with Gasteiger partial charge in [-0.2, -0.15) is 0 Å². The number of esters is 1. The molecule has 0 bridgehead atoms. The smallest absolute Gasteiger partial charge is 0.338 e. The Balaban J connectivity index is 2.51. The van der Waals surface area contributed by atoms with Crippen LogP contribution in [0.5, 0.6) is 17.2 Å².